The van der Waals surface area contributed by atoms with E-state index in [2.05, 4.69) is 5.32 Å². The fourth-order valence-electron chi connectivity index (χ4n) is 2.15. The number of rotatable bonds is 8. The number of para-hydroxylation sites is 1. The Morgan fingerprint density at radius 3 is 2.48 bits per heavy atom. The Kier molecular flexibility index (Phi) is 7.35. The topological polar surface area (TPSA) is 64.6 Å². The molecule has 0 aliphatic rings. The van der Waals surface area contributed by atoms with Gasteiger partial charge in [0, 0.05) is 5.75 Å². The second kappa shape index (κ2) is 9.74. The van der Waals surface area contributed by atoms with Gasteiger partial charge >= 0.3 is 5.97 Å². The maximum absolute atomic E-state index is 12.1. The molecule has 0 saturated carbocycles. The van der Waals surface area contributed by atoms with Crippen molar-refractivity contribution in [2.45, 2.75) is 12.7 Å². The van der Waals surface area contributed by atoms with Gasteiger partial charge in [0.05, 0.1) is 30.7 Å². The van der Waals surface area contributed by atoms with Gasteiger partial charge in [-0.15, -0.1) is 11.8 Å². The molecule has 0 radical (unpaired) electrons. The molecule has 0 atom stereocenters. The normalized spacial score (nSPS) is 10.2. The maximum atomic E-state index is 12.1. The third-order valence-corrected chi connectivity index (χ3v) is 4.36. The van der Waals surface area contributed by atoms with Crippen LogP contribution in [0, 0.1) is 0 Å². The van der Waals surface area contributed by atoms with E-state index >= 15 is 0 Å². The monoisotopic (exact) mass is 359 g/mol. The van der Waals surface area contributed by atoms with Gasteiger partial charge in [0.1, 0.15) is 5.75 Å². The number of carbonyl (C=O) groups excluding carboxylic acids is 2. The Hall–Kier alpha value is -2.47. The second-order valence-corrected chi connectivity index (χ2v) is 6.14. The van der Waals surface area contributed by atoms with Crippen molar-refractivity contribution in [3.05, 3.63) is 59.7 Å². The van der Waals surface area contributed by atoms with E-state index in [0.29, 0.717) is 23.6 Å². The molecule has 2 aromatic rings. The molecular weight excluding hydrogens is 338 g/mol. The molecule has 2 aromatic carbocycles. The van der Waals surface area contributed by atoms with Crippen LogP contribution in [0.25, 0.3) is 0 Å². The van der Waals surface area contributed by atoms with Gasteiger partial charge in [-0.2, -0.15) is 0 Å². The van der Waals surface area contributed by atoms with E-state index in [0.717, 1.165) is 17.1 Å². The number of esters is 1. The zero-order valence-corrected chi connectivity index (χ0v) is 15.1. The second-order valence-electron chi connectivity index (χ2n) is 5.16. The van der Waals surface area contributed by atoms with Crippen LogP contribution in [0.3, 0.4) is 0 Å². The molecule has 0 heterocycles. The molecular formula is C19H21NO4S. The zero-order valence-electron chi connectivity index (χ0n) is 14.3. The molecule has 132 valence electrons. The highest BCUT2D eigenvalue weighted by atomic mass is 32.2. The van der Waals surface area contributed by atoms with Crippen LogP contribution in [-0.2, 0) is 15.3 Å². The molecule has 0 aliphatic carbocycles. The summed E-state index contributed by atoms with van der Waals surface area (Å²) in [6, 6.07) is 14.6. The number of ether oxygens (including phenoxy) is 2. The number of methoxy groups -OCH3 is 1. The van der Waals surface area contributed by atoms with Gasteiger partial charge in [-0.1, -0.05) is 24.3 Å². The average Bonchev–Trinajstić information content (AvgIpc) is 2.63. The average molecular weight is 359 g/mol. The van der Waals surface area contributed by atoms with E-state index in [1.165, 1.54) is 11.8 Å². The van der Waals surface area contributed by atoms with E-state index in [-0.39, 0.29) is 5.91 Å². The molecule has 2 rings (SSSR count). The molecule has 25 heavy (non-hydrogen) atoms. The summed E-state index contributed by atoms with van der Waals surface area (Å²) in [5, 5.41) is 2.77. The van der Waals surface area contributed by atoms with Crippen LogP contribution >= 0.6 is 11.8 Å². The number of thioether (sulfide) groups is 1. The molecule has 1 amide bonds. The highest BCUT2D eigenvalue weighted by Crippen LogP contribution is 2.19. The third-order valence-electron chi connectivity index (χ3n) is 3.36. The van der Waals surface area contributed by atoms with Gasteiger partial charge in [0.2, 0.25) is 5.91 Å². The van der Waals surface area contributed by atoms with E-state index in [9.17, 15) is 9.59 Å². The van der Waals surface area contributed by atoms with Crippen molar-refractivity contribution in [2.75, 3.05) is 24.8 Å². The summed E-state index contributed by atoms with van der Waals surface area (Å²) in [4.78, 5) is 24.0. The predicted molar refractivity (Wildman–Crippen MR) is 100 cm³/mol. The van der Waals surface area contributed by atoms with Crippen molar-refractivity contribution in [3.63, 3.8) is 0 Å². The van der Waals surface area contributed by atoms with E-state index in [1.807, 2.05) is 24.3 Å². The summed E-state index contributed by atoms with van der Waals surface area (Å²) >= 11 is 1.50. The summed E-state index contributed by atoms with van der Waals surface area (Å²) in [5.74, 6) is 1.22. The summed E-state index contributed by atoms with van der Waals surface area (Å²) in [6.45, 7) is 2.04. The van der Waals surface area contributed by atoms with Crippen molar-refractivity contribution in [1.29, 1.82) is 0 Å². The molecule has 0 fully saturated rings. The molecule has 0 aromatic heterocycles. The van der Waals surface area contributed by atoms with Crippen LogP contribution in [-0.4, -0.2) is 31.3 Å². The van der Waals surface area contributed by atoms with Crippen LogP contribution in [0.4, 0.5) is 5.69 Å². The summed E-state index contributed by atoms with van der Waals surface area (Å²) in [5.41, 5.74) is 1.94. The summed E-state index contributed by atoms with van der Waals surface area (Å²) in [7, 11) is 1.63. The standard InChI is InChI=1S/C19H21NO4S/c1-3-24-19(22)16-6-4-5-7-17(16)20-18(21)13-25-12-14-8-10-15(23-2)11-9-14/h4-11H,3,12-13H2,1-2H3,(H,20,21). The minimum Gasteiger partial charge on any atom is -0.497 e. The van der Waals surface area contributed by atoms with Gasteiger partial charge < -0.3 is 14.8 Å². The van der Waals surface area contributed by atoms with Crippen molar-refractivity contribution >= 4 is 29.3 Å². The molecule has 0 saturated heterocycles. The first-order chi connectivity index (χ1) is 12.1. The van der Waals surface area contributed by atoms with E-state index in [1.54, 1.807) is 38.3 Å². The van der Waals surface area contributed by atoms with Gasteiger partial charge in [0.15, 0.2) is 0 Å². The van der Waals surface area contributed by atoms with Crippen molar-refractivity contribution < 1.29 is 19.1 Å². The lowest BCUT2D eigenvalue weighted by molar-refractivity contribution is -0.113. The van der Waals surface area contributed by atoms with Crippen molar-refractivity contribution in [3.8, 4) is 5.75 Å². The first-order valence-electron chi connectivity index (χ1n) is 7.90. The van der Waals surface area contributed by atoms with Crippen LogP contribution in [0.1, 0.15) is 22.8 Å². The maximum Gasteiger partial charge on any atom is 0.340 e. The van der Waals surface area contributed by atoms with Gasteiger partial charge in [-0.25, -0.2) is 4.79 Å². The molecule has 0 spiro atoms. The largest absolute Gasteiger partial charge is 0.497 e. The molecule has 5 nitrogen and oxygen atoms in total. The fraction of sp³-hybridized carbons (Fsp3) is 0.263. The van der Waals surface area contributed by atoms with Crippen LogP contribution in [0.15, 0.2) is 48.5 Å². The highest BCUT2D eigenvalue weighted by Gasteiger charge is 2.13. The smallest absolute Gasteiger partial charge is 0.340 e. The van der Waals surface area contributed by atoms with E-state index in [4.69, 9.17) is 9.47 Å². The van der Waals surface area contributed by atoms with Crippen LogP contribution in [0.2, 0.25) is 0 Å². The third kappa shape index (κ3) is 5.83. The lowest BCUT2D eigenvalue weighted by Gasteiger charge is -2.10. The molecule has 6 heteroatoms. The summed E-state index contributed by atoms with van der Waals surface area (Å²) < 4.78 is 10.1. The lowest BCUT2D eigenvalue weighted by Crippen LogP contribution is -2.17. The molecule has 0 aliphatic heterocycles. The van der Waals surface area contributed by atoms with E-state index < -0.39 is 5.97 Å². The van der Waals surface area contributed by atoms with Gasteiger partial charge in [-0.3, -0.25) is 4.79 Å². The van der Waals surface area contributed by atoms with Crippen LogP contribution in [0.5, 0.6) is 5.75 Å². The number of hydrogen-bond acceptors (Lipinski definition) is 5. The van der Waals surface area contributed by atoms with Gasteiger partial charge in [-0.05, 0) is 36.8 Å². The Morgan fingerprint density at radius 1 is 1.08 bits per heavy atom. The number of benzene rings is 2. The fourth-order valence-corrected chi connectivity index (χ4v) is 2.94. The first-order valence-corrected chi connectivity index (χ1v) is 9.06. The summed E-state index contributed by atoms with van der Waals surface area (Å²) in [6.07, 6.45) is 0. The Bertz CT molecular complexity index is 716. The first kappa shape index (κ1) is 18.9. The van der Waals surface area contributed by atoms with Crippen molar-refractivity contribution in [1.82, 2.24) is 0 Å². The Balaban J connectivity index is 1.86. The number of hydrogen-bond donors (Lipinski definition) is 1. The highest BCUT2D eigenvalue weighted by molar-refractivity contribution is 7.99. The van der Waals surface area contributed by atoms with Gasteiger partial charge in [0.25, 0.3) is 0 Å². The minimum absolute atomic E-state index is 0.157. The number of amides is 1. The molecule has 1 N–H and O–H groups in total. The molecule has 0 unspecified atom stereocenters. The Labute approximate surface area is 151 Å². The van der Waals surface area contributed by atoms with Crippen molar-refractivity contribution in [2.24, 2.45) is 0 Å². The SMILES string of the molecule is CCOC(=O)c1ccccc1NC(=O)CSCc1ccc(OC)cc1. The quantitative estimate of drug-likeness (QED) is 0.727. The predicted octanol–water partition coefficient (Wildman–Crippen LogP) is 3.74. The Morgan fingerprint density at radius 2 is 1.80 bits per heavy atom. The number of carbonyl (C=O) groups is 2. The zero-order chi connectivity index (χ0) is 18.1. The number of nitrogens with one attached hydrogen (secondary N) is 1. The van der Waals surface area contributed by atoms with Crippen LogP contribution < -0.4 is 10.1 Å². The molecule has 0 bridgehead atoms. The lowest BCUT2D eigenvalue weighted by atomic mass is 10.2. The number of anilines is 1. The minimum atomic E-state index is -0.440.